The van der Waals surface area contributed by atoms with Gasteiger partial charge in [-0.2, -0.15) is 5.10 Å². The van der Waals surface area contributed by atoms with E-state index >= 15 is 0 Å². The molecule has 0 bridgehead atoms. The van der Waals surface area contributed by atoms with Gasteiger partial charge in [-0.1, -0.05) is 18.2 Å². The largest absolute Gasteiger partial charge is 0.489 e. The number of aryl methyl sites for hydroxylation is 1. The molecule has 0 saturated carbocycles. The third-order valence-corrected chi connectivity index (χ3v) is 4.42. The molecule has 6 heteroatoms. The zero-order valence-corrected chi connectivity index (χ0v) is 14.8. The smallest absolute Gasteiger partial charge is 0.128 e. The van der Waals surface area contributed by atoms with Crippen LogP contribution < -0.4 is 9.64 Å². The molecule has 6 nitrogen and oxygen atoms in total. The number of hydrogen-bond donors (Lipinski definition) is 0. The SMILES string of the molecule is Cn1cc(-c2cccc(OCc3ccc(N4CCOCC4)nc3)c2)cn1. The molecular weight excluding hydrogens is 328 g/mol. The fraction of sp³-hybridized carbons (Fsp3) is 0.300. The molecule has 0 N–H and O–H groups in total. The highest BCUT2D eigenvalue weighted by atomic mass is 16.5. The van der Waals surface area contributed by atoms with Gasteiger partial charge in [0.15, 0.2) is 0 Å². The van der Waals surface area contributed by atoms with E-state index in [4.69, 9.17) is 9.47 Å². The first-order valence-electron chi connectivity index (χ1n) is 8.77. The van der Waals surface area contributed by atoms with Crippen LogP contribution in [0.5, 0.6) is 5.75 Å². The molecule has 0 aliphatic carbocycles. The normalized spacial score (nSPS) is 14.4. The van der Waals surface area contributed by atoms with Crippen LogP contribution in [0.15, 0.2) is 55.0 Å². The van der Waals surface area contributed by atoms with E-state index < -0.39 is 0 Å². The minimum absolute atomic E-state index is 0.493. The molecule has 3 aromatic rings. The van der Waals surface area contributed by atoms with E-state index in [-0.39, 0.29) is 0 Å². The van der Waals surface area contributed by atoms with Crippen LogP contribution in [-0.4, -0.2) is 41.1 Å². The fourth-order valence-corrected chi connectivity index (χ4v) is 2.98. The van der Waals surface area contributed by atoms with Crippen molar-refractivity contribution >= 4 is 5.82 Å². The Hall–Kier alpha value is -2.86. The van der Waals surface area contributed by atoms with E-state index in [1.807, 2.05) is 43.8 Å². The molecule has 0 unspecified atom stereocenters. The highest BCUT2D eigenvalue weighted by Crippen LogP contribution is 2.24. The van der Waals surface area contributed by atoms with Crippen molar-refractivity contribution in [2.75, 3.05) is 31.2 Å². The number of anilines is 1. The lowest BCUT2D eigenvalue weighted by Gasteiger charge is -2.27. The van der Waals surface area contributed by atoms with Crippen molar-refractivity contribution in [3.05, 3.63) is 60.6 Å². The second kappa shape index (κ2) is 7.58. The number of hydrogen-bond acceptors (Lipinski definition) is 5. The summed E-state index contributed by atoms with van der Waals surface area (Å²) < 4.78 is 13.1. The fourth-order valence-electron chi connectivity index (χ4n) is 2.98. The van der Waals surface area contributed by atoms with Gasteiger partial charge in [-0.05, 0) is 23.8 Å². The zero-order valence-electron chi connectivity index (χ0n) is 14.8. The third kappa shape index (κ3) is 3.86. The molecule has 1 saturated heterocycles. The molecule has 1 aromatic carbocycles. The Balaban J connectivity index is 1.39. The quantitative estimate of drug-likeness (QED) is 0.708. The summed E-state index contributed by atoms with van der Waals surface area (Å²) >= 11 is 0. The minimum atomic E-state index is 0.493. The first-order chi connectivity index (χ1) is 12.8. The molecule has 4 rings (SSSR count). The van der Waals surface area contributed by atoms with E-state index in [2.05, 4.69) is 33.2 Å². The van der Waals surface area contributed by atoms with Crippen molar-refractivity contribution < 1.29 is 9.47 Å². The lowest BCUT2D eigenvalue weighted by Crippen LogP contribution is -2.36. The van der Waals surface area contributed by atoms with Crippen LogP contribution >= 0.6 is 0 Å². The van der Waals surface area contributed by atoms with Gasteiger partial charge < -0.3 is 14.4 Å². The van der Waals surface area contributed by atoms with E-state index in [0.29, 0.717) is 6.61 Å². The van der Waals surface area contributed by atoms with Crippen LogP contribution in [-0.2, 0) is 18.4 Å². The van der Waals surface area contributed by atoms with Crippen LogP contribution in [0.2, 0.25) is 0 Å². The number of ether oxygens (including phenoxy) is 2. The molecule has 26 heavy (non-hydrogen) atoms. The first-order valence-corrected chi connectivity index (χ1v) is 8.77. The summed E-state index contributed by atoms with van der Waals surface area (Å²) in [5, 5.41) is 4.22. The lowest BCUT2D eigenvalue weighted by atomic mass is 10.1. The highest BCUT2D eigenvalue weighted by molar-refractivity contribution is 5.63. The Morgan fingerprint density at radius 1 is 1.08 bits per heavy atom. The maximum Gasteiger partial charge on any atom is 0.128 e. The lowest BCUT2D eigenvalue weighted by molar-refractivity contribution is 0.122. The first kappa shape index (κ1) is 16.6. The summed E-state index contributed by atoms with van der Waals surface area (Å²) in [6, 6.07) is 12.2. The van der Waals surface area contributed by atoms with E-state index in [1.54, 1.807) is 4.68 Å². The second-order valence-electron chi connectivity index (χ2n) is 6.34. The molecule has 0 atom stereocenters. The van der Waals surface area contributed by atoms with Gasteiger partial charge in [0.2, 0.25) is 0 Å². The number of aromatic nitrogens is 3. The van der Waals surface area contributed by atoms with Gasteiger partial charge >= 0.3 is 0 Å². The predicted octanol–water partition coefficient (Wildman–Crippen LogP) is 2.90. The Labute approximate surface area is 153 Å². The standard InChI is InChI=1S/C20H22N4O2/c1-23-14-18(13-22-23)17-3-2-4-19(11-17)26-15-16-5-6-20(21-12-16)24-7-9-25-10-8-24/h2-6,11-14H,7-10,15H2,1H3. The summed E-state index contributed by atoms with van der Waals surface area (Å²) in [7, 11) is 1.91. The maximum atomic E-state index is 5.95. The molecule has 134 valence electrons. The average molecular weight is 350 g/mol. The maximum absolute atomic E-state index is 5.95. The molecule has 2 aromatic heterocycles. The summed E-state index contributed by atoms with van der Waals surface area (Å²) in [6.07, 6.45) is 5.73. The van der Waals surface area contributed by atoms with Crippen molar-refractivity contribution in [3.8, 4) is 16.9 Å². The molecule has 1 fully saturated rings. The molecule has 3 heterocycles. The van der Waals surface area contributed by atoms with Gasteiger partial charge in [0.25, 0.3) is 0 Å². The molecule has 1 aliphatic rings. The van der Waals surface area contributed by atoms with Gasteiger partial charge in [-0.25, -0.2) is 4.98 Å². The topological polar surface area (TPSA) is 52.4 Å². The van der Waals surface area contributed by atoms with Gasteiger partial charge in [0, 0.05) is 43.7 Å². The zero-order chi connectivity index (χ0) is 17.8. The molecule has 0 spiro atoms. The van der Waals surface area contributed by atoms with Gasteiger partial charge in [0.05, 0.1) is 19.4 Å². The molecule has 0 radical (unpaired) electrons. The van der Waals surface area contributed by atoms with Crippen LogP contribution in [0.3, 0.4) is 0 Å². The van der Waals surface area contributed by atoms with Crippen molar-refractivity contribution in [2.45, 2.75) is 6.61 Å². The number of nitrogens with zero attached hydrogens (tertiary/aromatic N) is 4. The van der Waals surface area contributed by atoms with Gasteiger partial charge in [0.1, 0.15) is 18.2 Å². The van der Waals surface area contributed by atoms with E-state index in [9.17, 15) is 0 Å². The van der Waals surface area contributed by atoms with Crippen LogP contribution in [0.25, 0.3) is 11.1 Å². The Morgan fingerprint density at radius 3 is 2.69 bits per heavy atom. The summed E-state index contributed by atoms with van der Waals surface area (Å²) in [6.45, 7) is 3.81. The Bertz CT molecular complexity index is 854. The van der Waals surface area contributed by atoms with Crippen molar-refractivity contribution in [1.82, 2.24) is 14.8 Å². The molecule has 1 aliphatic heterocycles. The summed E-state index contributed by atoms with van der Waals surface area (Å²) in [5.74, 6) is 1.83. The number of rotatable bonds is 5. The van der Waals surface area contributed by atoms with Crippen LogP contribution in [0.1, 0.15) is 5.56 Å². The Morgan fingerprint density at radius 2 is 1.96 bits per heavy atom. The molecule has 0 amide bonds. The predicted molar refractivity (Wildman–Crippen MR) is 100 cm³/mol. The van der Waals surface area contributed by atoms with Gasteiger partial charge in [-0.3, -0.25) is 4.68 Å². The average Bonchev–Trinajstić information content (AvgIpc) is 3.14. The van der Waals surface area contributed by atoms with E-state index in [0.717, 1.165) is 54.6 Å². The third-order valence-electron chi connectivity index (χ3n) is 4.42. The van der Waals surface area contributed by atoms with Crippen molar-refractivity contribution in [3.63, 3.8) is 0 Å². The molecular formula is C20H22N4O2. The number of pyridine rings is 1. The summed E-state index contributed by atoms with van der Waals surface area (Å²) in [4.78, 5) is 6.80. The van der Waals surface area contributed by atoms with Gasteiger partial charge in [-0.15, -0.1) is 0 Å². The van der Waals surface area contributed by atoms with Crippen LogP contribution in [0.4, 0.5) is 5.82 Å². The summed E-state index contributed by atoms with van der Waals surface area (Å²) in [5.41, 5.74) is 3.22. The number of benzene rings is 1. The second-order valence-corrected chi connectivity index (χ2v) is 6.34. The van der Waals surface area contributed by atoms with Crippen molar-refractivity contribution in [2.24, 2.45) is 7.05 Å². The monoisotopic (exact) mass is 350 g/mol. The van der Waals surface area contributed by atoms with Crippen molar-refractivity contribution in [1.29, 1.82) is 0 Å². The van der Waals surface area contributed by atoms with Crippen LogP contribution in [0, 0.1) is 0 Å². The highest BCUT2D eigenvalue weighted by Gasteiger charge is 2.12. The number of morpholine rings is 1. The van der Waals surface area contributed by atoms with E-state index in [1.165, 1.54) is 0 Å². The Kier molecular flexibility index (Phi) is 4.84. The minimum Gasteiger partial charge on any atom is -0.489 e.